The molecule has 0 bridgehead atoms. The van der Waals surface area contributed by atoms with Crippen LogP contribution in [-0.2, 0) is 26.5 Å². The molecular formula is C10H11BrN2O4S4. The average molecular weight is 431 g/mol. The number of rotatable bonds is 6. The minimum atomic E-state index is -3.70. The molecule has 0 aliphatic rings. The van der Waals surface area contributed by atoms with Crippen LogP contribution in [0.5, 0.6) is 0 Å². The second-order valence-electron chi connectivity index (χ2n) is 3.97. The molecular weight excluding hydrogens is 420 g/mol. The summed E-state index contributed by atoms with van der Waals surface area (Å²) in [5.74, 6) is 0. The van der Waals surface area contributed by atoms with Crippen molar-refractivity contribution in [2.75, 3.05) is 6.54 Å². The van der Waals surface area contributed by atoms with Gasteiger partial charge in [0.15, 0.2) is 0 Å². The van der Waals surface area contributed by atoms with Crippen LogP contribution in [0.1, 0.15) is 4.88 Å². The van der Waals surface area contributed by atoms with Crippen LogP contribution in [0.2, 0.25) is 0 Å². The third kappa shape index (κ3) is 4.34. The minimum Gasteiger partial charge on any atom is -0.224 e. The zero-order valence-electron chi connectivity index (χ0n) is 10.4. The van der Waals surface area contributed by atoms with Gasteiger partial charge in [-0.2, -0.15) is 0 Å². The van der Waals surface area contributed by atoms with Gasteiger partial charge in [0, 0.05) is 15.9 Å². The molecule has 0 radical (unpaired) electrons. The molecule has 0 aromatic carbocycles. The van der Waals surface area contributed by atoms with Crippen molar-refractivity contribution in [1.82, 2.24) is 4.72 Å². The van der Waals surface area contributed by atoms with E-state index < -0.39 is 20.0 Å². The first kappa shape index (κ1) is 17.1. The summed E-state index contributed by atoms with van der Waals surface area (Å²) in [5, 5.41) is 6.69. The van der Waals surface area contributed by atoms with Gasteiger partial charge in [0.2, 0.25) is 10.0 Å². The predicted octanol–water partition coefficient (Wildman–Crippen LogP) is 1.74. The van der Waals surface area contributed by atoms with Crippen LogP contribution in [0.15, 0.2) is 36.5 Å². The zero-order valence-corrected chi connectivity index (χ0v) is 15.3. The highest BCUT2D eigenvalue weighted by atomic mass is 79.9. The number of thiophene rings is 2. The SMILES string of the molecule is NS(=O)(=O)c1ccc(CCNS(=O)(=O)c2sccc2Br)s1. The van der Waals surface area contributed by atoms with Gasteiger partial charge in [0.1, 0.15) is 8.42 Å². The lowest BCUT2D eigenvalue weighted by Gasteiger charge is -2.04. The van der Waals surface area contributed by atoms with Gasteiger partial charge in [-0.3, -0.25) is 0 Å². The van der Waals surface area contributed by atoms with Crippen LogP contribution in [0.3, 0.4) is 0 Å². The molecule has 0 fully saturated rings. The second kappa shape index (κ2) is 6.44. The fourth-order valence-corrected chi connectivity index (χ4v) is 6.68. The average Bonchev–Trinajstić information content (AvgIpc) is 2.97. The summed E-state index contributed by atoms with van der Waals surface area (Å²) in [7, 11) is -7.26. The molecule has 6 nitrogen and oxygen atoms in total. The molecule has 116 valence electrons. The minimum absolute atomic E-state index is 0.0707. The molecule has 0 aliphatic heterocycles. The lowest BCUT2D eigenvalue weighted by Crippen LogP contribution is -2.25. The van der Waals surface area contributed by atoms with Gasteiger partial charge < -0.3 is 0 Å². The monoisotopic (exact) mass is 430 g/mol. The highest BCUT2D eigenvalue weighted by molar-refractivity contribution is 9.10. The van der Waals surface area contributed by atoms with E-state index in [9.17, 15) is 16.8 Å². The maximum Gasteiger partial charge on any atom is 0.251 e. The van der Waals surface area contributed by atoms with E-state index in [1.807, 2.05) is 0 Å². The van der Waals surface area contributed by atoms with Crippen molar-refractivity contribution in [2.24, 2.45) is 5.14 Å². The summed E-state index contributed by atoms with van der Waals surface area (Å²) in [6.45, 7) is 0.178. The Kier molecular flexibility index (Phi) is 5.23. The quantitative estimate of drug-likeness (QED) is 0.727. The number of nitrogens with two attached hydrogens (primary N) is 1. The summed E-state index contributed by atoms with van der Waals surface area (Å²) in [6, 6.07) is 4.70. The Morgan fingerprint density at radius 3 is 2.43 bits per heavy atom. The van der Waals surface area contributed by atoms with E-state index in [1.54, 1.807) is 17.5 Å². The largest absolute Gasteiger partial charge is 0.251 e. The lowest BCUT2D eigenvalue weighted by atomic mass is 10.3. The standard InChI is InChI=1S/C10H11BrN2O4S4/c11-8-4-6-18-10(8)21(16,17)13-5-3-7-1-2-9(19-7)20(12,14)15/h1-2,4,6,13H,3,5H2,(H2,12,14,15). The molecule has 2 heterocycles. The number of halogens is 1. The Morgan fingerprint density at radius 1 is 1.19 bits per heavy atom. The second-order valence-corrected chi connectivity index (χ2v) is 10.7. The molecule has 3 N–H and O–H groups in total. The molecule has 0 unspecified atom stereocenters. The van der Waals surface area contributed by atoms with Crippen molar-refractivity contribution < 1.29 is 16.8 Å². The number of hydrogen-bond donors (Lipinski definition) is 2. The number of hydrogen-bond acceptors (Lipinski definition) is 6. The molecule has 0 amide bonds. The fraction of sp³-hybridized carbons (Fsp3) is 0.200. The first-order valence-corrected chi connectivity index (χ1v) is 11.1. The molecule has 0 saturated heterocycles. The Balaban J connectivity index is 1.99. The molecule has 0 aliphatic carbocycles. The predicted molar refractivity (Wildman–Crippen MR) is 86.6 cm³/mol. The summed E-state index contributed by atoms with van der Waals surface area (Å²) in [5.41, 5.74) is 0. The Morgan fingerprint density at radius 2 is 1.90 bits per heavy atom. The van der Waals surface area contributed by atoms with Crippen molar-refractivity contribution in [3.8, 4) is 0 Å². The molecule has 2 aromatic rings. The first-order chi connectivity index (χ1) is 9.70. The smallest absolute Gasteiger partial charge is 0.224 e. The molecule has 21 heavy (non-hydrogen) atoms. The van der Waals surface area contributed by atoms with Gasteiger partial charge in [-0.15, -0.1) is 22.7 Å². The molecule has 0 atom stereocenters. The van der Waals surface area contributed by atoms with Crippen molar-refractivity contribution in [3.05, 3.63) is 32.9 Å². The number of sulfonamides is 2. The molecule has 0 saturated carbocycles. The third-order valence-corrected chi connectivity index (χ3v) is 9.12. The van der Waals surface area contributed by atoms with Crippen LogP contribution >= 0.6 is 38.6 Å². The van der Waals surface area contributed by atoms with Crippen LogP contribution in [0.4, 0.5) is 0 Å². The van der Waals surface area contributed by atoms with Gasteiger partial charge in [0.25, 0.3) is 10.0 Å². The van der Waals surface area contributed by atoms with E-state index in [4.69, 9.17) is 5.14 Å². The molecule has 0 spiro atoms. The van der Waals surface area contributed by atoms with Gasteiger partial charge in [-0.25, -0.2) is 26.7 Å². The van der Waals surface area contributed by atoms with E-state index in [1.165, 1.54) is 6.07 Å². The van der Waals surface area contributed by atoms with E-state index in [0.717, 1.165) is 27.6 Å². The van der Waals surface area contributed by atoms with Crippen LogP contribution in [-0.4, -0.2) is 23.4 Å². The Hall–Kier alpha value is -0.300. The van der Waals surface area contributed by atoms with Gasteiger partial charge in [0.05, 0.1) is 0 Å². The lowest BCUT2D eigenvalue weighted by molar-refractivity contribution is 0.583. The summed E-state index contributed by atoms with van der Waals surface area (Å²) < 4.78 is 49.6. The van der Waals surface area contributed by atoms with Gasteiger partial charge in [-0.1, -0.05) is 0 Å². The van der Waals surface area contributed by atoms with E-state index in [2.05, 4.69) is 20.7 Å². The topological polar surface area (TPSA) is 106 Å². The van der Waals surface area contributed by atoms with Gasteiger partial charge >= 0.3 is 0 Å². The maximum atomic E-state index is 12.0. The van der Waals surface area contributed by atoms with Crippen molar-refractivity contribution >= 4 is 58.7 Å². The van der Waals surface area contributed by atoms with Crippen molar-refractivity contribution in [3.63, 3.8) is 0 Å². The van der Waals surface area contributed by atoms with Crippen molar-refractivity contribution in [2.45, 2.75) is 14.8 Å². The third-order valence-electron chi connectivity index (χ3n) is 2.41. The van der Waals surface area contributed by atoms with Crippen LogP contribution < -0.4 is 9.86 Å². The van der Waals surface area contributed by atoms with Gasteiger partial charge in [-0.05, 0) is 45.9 Å². The van der Waals surface area contributed by atoms with Crippen LogP contribution in [0.25, 0.3) is 0 Å². The van der Waals surface area contributed by atoms with E-state index >= 15 is 0 Å². The normalized spacial score (nSPS) is 12.7. The Bertz CT molecular complexity index is 838. The zero-order chi connectivity index (χ0) is 15.7. The molecule has 2 aromatic heterocycles. The Labute approximate surface area is 139 Å². The summed E-state index contributed by atoms with van der Waals surface area (Å²) >= 11 is 5.33. The highest BCUT2D eigenvalue weighted by Crippen LogP contribution is 2.27. The summed E-state index contributed by atoms with van der Waals surface area (Å²) in [4.78, 5) is 0.743. The fourth-order valence-electron chi connectivity index (χ4n) is 1.49. The first-order valence-electron chi connectivity index (χ1n) is 5.54. The number of primary sulfonamides is 1. The number of nitrogens with one attached hydrogen (secondary N) is 1. The molecule has 2 rings (SSSR count). The van der Waals surface area contributed by atoms with E-state index in [-0.39, 0.29) is 15.0 Å². The maximum absolute atomic E-state index is 12.0. The van der Waals surface area contributed by atoms with Crippen LogP contribution in [0, 0.1) is 0 Å². The van der Waals surface area contributed by atoms with E-state index in [0.29, 0.717) is 10.9 Å². The van der Waals surface area contributed by atoms with Crippen molar-refractivity contribution in [1.29, 1.82) is 0 Å². The summed E-state index contributed by atoms with van der Waals surface area (Å²) in [6.07, 6.45) is 0.391. The highest BCUT2D eigenvalue weighted by Gasteiger charge is 2.18. The molecule has 11 heteroatoms.